The number of carbonyl (C=O) groups is 1. The van der Waals surface area contributed by atoms with E-state index in [2.05, 4.69) is 51.3 Å². The van der Waals surface area contributed by atoms with Crippen LogP contribution in [0.2, 0.25) is 0 Å². The van der Waals surface area contributed by atoms with Gasteiger partial charge in [0.1, 0.15) is 11.3 Å². The van der Waals surface area contributed by atoms with Gasteiger partial charge in [0.25, 0.3) is 0 Å². The fourth-order valence-corrected chi connectivity index (χ4v) is 3.60. The average Bonchev–Trinajstić information content (AvgIpc) is 3.29. The van der Waals surface area contributed by atoms with Crippen molar-refractivity contribution in [2.24, 2.45) is 0 Å². The van der Waals surface area contributed by atoms with Crippen molar-refractivity contribution in [3.8, 4) is 11.5 Å². The number of aromatic amines is 2. The number of fused-ring (bicyclic) bond motifs is 1. The van der Waals surface area contributed by atoms with E-state index in [9.17, 15) is 9.59 Å². The highest BCUT2D eigenvalue weighted by atomic mass is 32.1. The van der Waals surface area contributed by atoms with Crippen LogP contribution in [0.5, 0.6) is 11.5 Å². The highest BCUT2D eigenvalue weighted by Crippen LogP contribution is 2.28. The Morgan fingerprint density at radius 2 is 1.87 bits per heavy atom. The maximum absolute atomic E-state index is 12.2. The third-order valence-corrected chi connectivity index (χ3v) is 4.97. The zero-order valence-electron chi connectivity index (χ0n) is 16.6. The molecule has 4 N–H and O–H groups in total. The number of carbonyl (C=O) groups excluding carboxylic acids is 1. The number of amides is 2. The third kappa shape index (κ3) is 4.33. The molecular formula is C20H20N6O3S. The Morgan fingerprint density at radius 3 is 2.57 bits per heavy atom. The Balaban J connectivity index is 1.40. The first kappa shape index (κ1) is 19.6. The van der Waals surface area contributed by atoms with E-state index in [0.717, 1.165) is 5.69 Å². The van der Waals surface area contributed by atoms with Crippen LogP contribution in [0.4, 0.5) is 15.6 Å². The number of imidazole rings is 1. The molecule has 154 valence electrons. The van der Waals surface area contributed by atoms with Gasteiger partial charge in [-0.25, -0.2) is 19.6 Å². The van der Waals surface area contributed by atoms with E-state index in [0.29, 0.717) is 33.5 Å². The first-order valence-electron chi connectivity index (χ1n) is 9.17. The van der Waals surface area contributed by atoms with Gasteiger partial charge >= 0.3 is 11.7 Å². The van der Waals surface area contributed by atoms with Crippen molar-refractivity contribution in [2.45, 2.75) is 26.2 Å². The molecule has 0 saturated heterocycles. The van der Waals surface area contributed by atoms with Crippen LogP contribution >= 0.6 is 11.3 Å². The molecule has 2 amide bonds. The number of benzene rings is 1. The van der Waals surface area contributed by atoms with Crippen LogP contribution in [0.3, 0.4) is 0 Å². The molecule has 4 rings (SSSR count). The smallest absolute Gasteiger partial charge is 0.325 e. The first-order chi connectivity index (χ1) is 14.3. The maximum atomic E-state index is 12.2. The normalized spacial score (nSPS) is 11.4. The predicted molar refractivity (Wildman–Crippen MR) is 117 cm³/mol. The number of H-pyrrole nitrogens is 2. The summed E-state index contributed by atoms with van der Waals surface area (Å²) in [6.07, 6.45) is 1.55. The fraction of sp³-hybridized carbons (Fsp3) is 0.200. The lowest BCUT2D eigenvalue weighted by Gasteiger charge is -2.14. The van der Waals surface area contributed by atoms with Gasteiger partial charge < -0.3 is 15.0 Å². The Bertz CT molecular complexity index is 1250. The second kappa shape index (κ2) is 7.64. The first-order valence-corrected chi connectivity index (χ1v) is 10.0. The summed E-state index contributed by atoms with van der Waals surface area (Å²) in [6.45, 7) is 6.21. The van der Waals surface area contributed by atoms with Gasteiger partial charge in [-0.3, -0.25) is 10.3 Å². The Kier molecular flexibility index (Phi) is 5.00. The molecular weight excluding hydrogens is 404 g/mol. The van der Waals surface area contributed by atoms with Crippen LogP contribution in [0, 0.1) is 0 Å². The van der Waals surface area contributed by atoms with E-state index < -0.39 is 0 Å². The largest absolute Gasteiger partial charge is 0.455 e. The van der Waals surface area contributed by atoms with Gasteiger partial charge in [0.15, 0.2) is 16.5 Å². The SMILES string of the molecule is CC(C)(C)c1csc(NC(=O)Nc2ccc(Oc3ccnc4[nH]c(=O)[nH]c34)cc2)n1. The number of anilines is 2. The molecule has 10 heteroatoms. The molecule has 0 spiro atoms. The molecule has 0 atom stereocenters. The van der Waals surface area contributed by atoms with E-state index >= 15 is 0 Å². The van der Waals surface area contributed by atoms with E-state index in [1.165, 1.54) is 11.3 Å². The second-order valence-electron chi connectivity index (χ2n) is 7.61. The predicted octanol–water partition coefficient (Wildman–Crippen LogP) is 4.44. The Labute approximate surface area is 175 Å². The van der Waals surface area contributed by atoms with E-state index in [4.69, 9.17) is 4.74 Å². The second-order valence-corrected chi connectivity index (χ2v) is 8.46. The lowest BCUT2D eigenvalue weighted by molar-refractivity contribution is 0.262. The van der Waals surface area contributed by atoms with E-state index in [-0.39, 0.29) is 17.1 Å². The molecule has 0 unspecified atom stereocenters. The highest BCUT2D eigenvalue weighted by molar-refractivity contribution is 7.14. The minimum absolute atomic E-state index is 0.0729. The van der Waals surface area contributed by atoms with Gasteiger partial charge in [-0.15, -0.1) is 11.3 Å². The van der Waals surface area contributed by atoms with Crippen molar-refractivity contribution in [3.05, 3.63) is 58.1 Å². The van der Waals surface area contributed by atoms with Crippen LogP contribution in [0.25, 0.3) is 11.2 Å². The minimum atomic E-state index is -0.376. The van der Waals surface area contributed by atoms with E-state index in [1.54, 1.807) is 36.5 Å². The summed E-state index contributed by atoms with van der Waals surface area (Å²) in [7, 11) is 0. The van der Waals surface area contributed by atoms with Crippen LogP contribution in [0.1, 0.15) is 26.5 Å². The molecule has 3 heterocycles. The number of ether oxygens (including phenoxy) is 1. The fourth-order valence-electron chi connectivity index (χ4n) is 2.67. The number of urea groups is 1. The number of aromatic nitrogens is 4. The summed E-state index contributed by atoms with van der Waals surface area (Å²) in [4.78, 5) is 37.5. The van der Waals surface area contributed by atoms with Gasteiger partial charge in [-0.05, 0) is 24.3 Å². The molecule has 9 nitrogen and oxygen atoms in total. The lowest BCUT2D eigenvalue weighted by Crippen LogP contribution is -2.19. The van der Waals surface area contributed by atoms with Crippen LogP contribution in [-0.2, 0) is 5.41 Å². The lowest BCUT2D eigenvalue weighted by atomic mass is 9.93. The van der Waals surface area contributed by atoms with Crippen molar-refractivity contribution >= 4 is 39.4 Å². The van der Waals surface area contributed by atoms with Gasteiger partial charge in [0.05, 0.1) is 5.69 Å². The molecule has 30 heavy (non-hydrogen) atoms. The molecule has 0 aliphatic carbocycles. The maximum Gasteiger partial charge on any atom is 0.325 e. The van der Waals surface area contributed by atoms with Gasteiger partial charge in [0, 0.05) is 28.7 Å². The van der Waals surface area contributed by atoms with Gasteiger partial charge in [0.2, 0.25) is 0 Å². The molecule has 0 saturated carbocycles. The molecule has 0 bridgehead atoms. The average molecular weight is 424 g/mol. The summed E-state index contributed by atoms with van der Waals surface area (Å²) in [5.41, 5.74) is 2.01. The number of pyridine rings is 1. The van der Waals surface area contributed by atoms with Crippen LogP contribution < -0.4 is 21.1 Å². The summed E-state index contributed by atoms with van der Waals surface area (Å²) in [5, 5.41) is 7.98. The molecule has 4 aromatic rings. The zero-order chi connectivity index (χ0) is 21.3. The molecule has 0 aliphatic rings. The Morgan fingerprint density at radius 1 is 1.10 bits per heavy atom. The number of nitrogens with one attached hydrogen (secondary N) is 4. The van der Waals surface area contributed by atoms with Crippen molar-refractivity contribution in [1.82, 2.24) is 19.9 Å². The number of nitrogens with zero attached hydrogens (tertiary/aromatic N) is 2. The topological polar surface area (TPSA) is 125 Å². The molecule has 0 fully saturated rings. The minimum Gasteiger partial charge on any atom is -0.455 e. The van der Waals surface area contributed by atoms with E-state index in [1.807, 2.05) is 5.38 Å². The molecule has 0 radical (unpaired) electrons. The molecule has 1 aromatic carbocycles. The standard InChI is InChI=1S/C20H20N6O3S/c1-20(2,3)14-10-30-19(23-14)26-17(27)22-11-4-6-12(7-5-11)29-13-8-9-21-16-15(13)24-18(28)25-16/h4-10H,1-3H3,(H2,21,24,25,28)(H2,22,23,26,27). The van der Waals surface area contributed by atoms with Gasteiger partial charge in [-0.1, -0.05) is 20.8 Å². The van der Waals surface area contributed by atoms with Crippen molar-refractivity contribution in [2.75, 3.05) is 10.6 Å². The van der Waals surface area contributed by atoms with Crippen molar-refractivity contribution < 1.29 is 9.53 Å². The van der Waals surface area contributed by atoms with Crippen LogP contribution in [0.15, 0.2) is 46.7 Å². The van der Waals surface area contributed by atoms with Crippen molar-refractivity contribution in [1.29, 1.82) is 0 Å². The number of hydrogen-bond donors (Lipinski definition) is 4. The molecule has 3 aromatic heterocycles. The van der Waals surface area contributed by atoms with Crippen LogP contribution in [-0.4, -0.2) is 26.0 Å². The molecule has 0 aliphatic heterocycles. The zero-order valence-corrected chi connectivity index (χ0v) is 17.4. The summed E-state index contributed by atoms with van der Waals surface area (Å²) in [5.74, 6) is 1.01. The number of hydrogen-bond acceptors (Lipinski definition) is 6. The highest BCUT2D eigenvalue weighted by Gasteiger charge is 2.18. The summed E-state index contributed by atoms with van der Waals surface area (Å²) in [6, 6.07) is 8.15. The Hall–Kier alpha value is -3.66. The summed E-state index contributed by atoms with van der Waals surface area (Å²) >= 11 is 1.39. The quantitative estimate of drug-likeness (QED) is 0.385. The third-order valence-electron chi connectivity index (χ3n) is 4.22. The van der Waals surface area contributed by atoms with Crippen molar-refractivity contribution in [3.63, 3.8) is 0 Å². The number of rotatable bonds is 4. The monoisotopic (exact) mass is 424 g/mol. The summed E-state index contributed by atoms with van der Waals surface area (Å²) < 4.78 is 5.83. The number of thiazole rings is 1. The van der Waals surface area contributed by atoms with Gasteiger partial charge in [-0.2, -0.15) is 0 Å².